The highest BCUT2D eigenvalue weighted by molar-refractivity contribution is 5.87. The number of nitrogens with zero attached hydrogens (tertiary/aromatic N) is 1. The van der Waals surface area contributed by atoms with Crippen LogP contribution in [0.4, 0.5) is 0 Å². The van der Waals surface area contributed by atoms with E-state index in [9.17, 15) is 4.79 Å². The lowest BCUT2D eigenvalue weighted by atomic mass is 10.0. The molecule has 0 saturated carbocycles. The zero-order chi connectivity index (χ0) is 17.5. The summed E-state index contributed by atoms with van der Waals surface area (Å²) in [5, 5.41) is 12.6. The summed E-state index contributed by atoms with van der Waals surface area (Å²) in [5.41, 5.74) is 2.59. The Morgan fingerprint density at radius 2 is 1.88 bits per heavy atom. The fraction of sp³-hybridized carbons (Fsp3) is 0.350. The SMILES string of the molecule is O=C(O)c1cccc(CNCC(c2ccccc2)N2CCOCC2)c1. The van der Waals surface area contributed by atoms with Crippen LogP contribution in [0.5, 0.6) is 0 Å². The van der Waals surface area contributed by atoms with Gasteiger partial charge in [0.2, 0.25) is 0 Å². The van der Waals surface area contributed by atoms with Crippen molar-refractivity contribution < 1.29 is 14.6 Å². The fourth-order valence-electron chi connectivity index (χ4n) is 3.19. The van der Waals surface area contributed by atoms with Crippen molar-refractivity contribution >= 4 is 5.97 Å². The van der Waals surface area contributed by atoms with E-state index in [-0.39, 0.29) is 6.04 Å². The lowest BCUT2D eigenvalue weighted by Crippen LogP contribution is -2.42. The molecule has 1 fully saturated rings. The molecule has 2 aromatic rings. The van der Waals surface area contributed by atoms with Crippen LogP contribution in [0.2, 0.25) is 0 Å². The molecule has 0 radical (unpaired) electrons. The standard InChI is InChI=1S/C20H24N2O3/c23-20(24)18-8-4-5-16(13-18)14-21-15-19(17-6-2-1-3-7-17)22-9-11-25-12-10-22/h1-8,13,19,21H,9-12,14-15H2,(H,23,24). The Labute approximate surface area is 148 Å². The average Bonchev–Trinajstić information content (AvgIpc) is 2.67. The third-order valence-corrected chi connectivity index (χ3v) is 4.51. The number of carbonyl (C=O) groups is 1. The Morgan fingerprint density at radius 3 is 2.60 bits per heavy atom. The summed E-state index contributed by atoms with van der Waals surface area (Å²) < 4.78 is 5.48. The van der Waals surface area contributed by atoms with Crippen molar-refractivity contribution in [2.75, 3.05) is 32.8 Å². The molecule has 0 amide bonds. The number of hydrogen-bond acceptors (Lipinski definition) is 4. The normalized spacial score (nSPS) is 16.5. The highest BCUT2D eigenvalue weighted by atomic mass is 16.5. The molecule has 1 unspecified atom stereocenters. The van der Waals surface area contributed by atoms with Gasteiger partial charge in [0.05, 0.1) is 18.8 Å². The summed E-state index contributed by atoms with van der Waals surface area (Å²) in [6, 6.07) is 17.9. The zero-order valence-corrected chi connectivity index (χ0v) is 14.2. The van der Waals surface area contributed by atoms with Gasteiger partial charge in [-0.15, -0.1) is 0 Å². The van der Waals surface area contributed by atoms with E-state index >= 15 is 0 Å². The van der Waals surface area contributed by atoms with E-state index in [1.807, 2.05) is 12.1 Å². The first-order chi connectivity index (χ1) is 12.2. The average molecular weight is 340 g/mol. The third kappa shape index (κ3) is 4.89. The van der Waals surface area contributed by atoms with Crippen molar-refractivity contribution in [2.45, 2.75) is 12.6 Å². The van der Waals surface area contributed by atoms with Crippen LogP contribution >= 0.6 is 0 Å². The minimum Gasteiger partial charge on any atom is -0.478 e. The van der Waals surface area contributed by atoms with Crippen LogP contribution in [0.1, 0.15) is 27.5 Å². The second-order valence-corrected chi connectivity index (χ2v) is 6.21. The van der Waals surface area contributed by atoms with Crippen molar-refractivity contribution in [3.8, 4) is 0 Å². The maximum Gasteiger partial charge on any atom is 0.335 e. The second-order valence-electron chi connectivity index (χ2n) is 6.21. The van der Waals surface area contributed by atoms with Crippen molar-refractivity contribution in [2.24, 2.45) is 0 Å². The first kappa shape index (κ1) is 17.6. The quantitative estimate of drug-likeness (QED) is 0.811. The van der Waals surface area contributed by atoms with Gasteiger partial charge in [-0.3, -0.25) is 4.90 Å². The summed E-state index contributed by atoms with van der Waals surface area (Å²) in [4.78, 5) is 13.5. The molecule has 2 aromatic carbocycles. The van der Waals surface area contributed by atoms with Gasteiger partial charge < -0.3 is 15.2 Å². The number of carboxylic acid groups (broad SMARTS) is 1. The molecule has 0 aromatic heterocycles. The number of aromatic carboxylic acids is 1. The molecule has 0 spiro atoms. The van der Waals surface area contributed by atoms with Crippen molar-refractivity contribution in [3.05, 3.63) is 71.3 Å². The van der Waals surface area contributed by atoms with Gasteiger partial charge in [-0.2, -0.15) is 0 Å². The number of morpholine rings is 1. The molecule has 1 saturated heterocycles. The number of rotatable bonds is 7. The molecular formula is C20H24N2O3. The molecule has 1 atom stereocenters. The van der Waals surface area contributed by atoms with Crippen LogP contribution in [0.3, 0.4) is 0 Å². The van der Waals surface area contributed by atoms with E-state index in [4.69, 9.17) is 9.84 Å². The van der Waals surface area contributed by atoms with Crippen LogP contribution in [0.25, 0.3) is 0 Å². The molecule has 132 valence electrons. The van der Waals surface area contributed by atoms with Crippen molar-refractivity contribution in [3.63, 3.8) is 0 Å². The Balaban J connectivity index is 1.64. The Bertz CT molecular complexity index is 684. The first-order valence-corrected chi connectivity index (χ1v) is 8.64. The lowest BCUT2D eigenvalue weighted by Gasteiger charge is -2.35. The predicted molar refractivity (Wildman–Crippen MR) is 96.7 cm³/mol. The van der Waals surface area contributed by atoms with E-state index in [1.54, 1.807) is 18.2 Å². The maximum atomic E-state index is 11.1. The third-order valence-electron chi connectivity index (χ3n) is 4.51. The number of nitrogens with one attached hydrogen (secondary N) is 1. The monoisotopic (exact) mass is 340 g/mol. The van der Waals surface area contributed by atoms with Crippen molar-refractivity contribution in [1.82, 2.24) is 10.2 Å². The molecule has 1 aliphatic heterocycles. The number of hydrogen-bond donors (Lipinski definition) is 2. The van der Waals surface area contributed by atoms with E-state index in [0.29, 0.717) is 12.1 Å². The predicted octanol–water partition coefficient (Wildman–Crippen LogP) is 2.55. The molecule has 25 heavy (non-hydrogen) atoms. The molecule has 0 bridgehead atoms. The Morgan fingerprint density at radius 1 is 1.12 bits per heavy atom. The van der Waals surface area contributed by atoms with E-state index in [2.05, 4.69) is 34.5 Å². The summed E-state index contributed by atoms with van der Waals surface area (Å²) in [5.74, 6) is -0.891. The smallest absolute Gasteiger partial charge is 0.335 e. The summed E-state index contributed by atoms with van der Waals surface area (Å²) in [7, 11) is 0. The van der Waals surface area contributed by atoms with E-state index < -0.39 is 5.97 Å². The number of ether oxygens (including phenoxy) is 1. The summed E-state index contributed by atoms with van der Waals surface area (Å²) >= 11 is 0. The largest absolute Gasteiger partial charge is 0.478 e. The fourth-order valence-corrected chi connectivity index (χ4v) is 3.19. The van der Waals surface area contributed by atoms with Gasteiger partial charge in [-0.05, 0) is 23.3 Å². The first-order valence-electron chi connectivity index (χ1n) is 8.64. The van der Waals surface area contributed by atoms with Gasteiger partial charge in [-0.1, -0.05) is 42.5 Å². The minimum absolute atomic E-state index is 0.285. The van der Waals surface area contributed by atoms with Crippen LogP contribution < -0.4 is 5.32 Å². The van der Waals surface area contributed by atoms with Crippen LogP contribution in [0.15, 0.2) is 54.6 Å². The number of benzene rings is 2. The molecule has 2 N–H and O–H groups in total. The minimum atomic E-state index is -0.891. The topological polar surface area (TPSA) is 61.8 Å². The molecule has 1 heterocycles. The van der Waals surface area contributed by atoms with Crippen LogP contribution in [-0.4, -0.2) is 48.8 Å². The molecule has 1 aliphatic rings. The van der Waals surface area contributed by atoms with Crippen LogP contribution in [-0.2, 0) is 11.3 Å². The van der Waals surface area contributed by atoms with Gasteiger partial charge in [0, 0.05) is 32.2 Å². The highest BCUT2D eigenvalue weighted by Crippen LogP contribution is 2.21. The zero-order valence-electron chi connectivity index (χ0n) is 14.2. The molecule has 5 nitrogen and oxygen atoms in total. The molecule has 0 aliphatic carbocycles. The van der Waals surface area contributed by atoms with Gasteiger partial charge in [0.15, 0.2) is 0 Å². The summed E-state index contributed by atoms with van der Waals surface area (Å²) in [6.45, 7) is 4.84. The van der Waals surface area contributed by atoms with Crippen LogP contribution in [0, 0.1) is 0 Å². The van der Waals surface area contributed by atoms with E-state index in [1.165, 1.54) is 5.56 Å². The Kier molecular flexibility index (Phi) is 6.17. The van der Waals surface area contributed by atoms with Gasteiger partial charge in [0.1, 0.15) is 0 Å². The Hall–Kier alpha value is -2.21. The maximum absolute atomic E-state index is 11.1. The second kappa shape index (κ2) is 8.76. The number of carboxylic acids is 1. The molecular weight excluding hydrogens is 316 g/mol. The van der Waals surface area contributed by atoms with Gasteiger partial charge in [0.25, 0.3) is 0 Å². The van der Waals surface area contributed by atoms with Gasteiger partial charge >= 0.3 is 5.97 Å². The van der Waals surface area contributed by atoms with Gasteiger partial charge in [-0.25, -0.2) is 4.79 Å². The lowest BCUT2D eigenvalue weighted by molar-refractivity contribution is 0.0161. The summed E-state index contributed by atoms with van der Waals surface area (Å²) in [6.07, 6.45) is 0. The highest BCUT2D eigenvalue weighted by Gasteiger charge is 2.22. The molecule has 3 rings (SSSR count). The van der Waals surface area contributed by atoms with E-state index in [0.717, 1.165) is 38.4 Å². The molecule has 5 heteroatoms. The van der Waals surface area contributed by atoms with Crippen molar-refractivity contribution in [1.29, 1.82) is 0 Å².